The summed E-state index contributed by atoms with van der Waals surface area (Å²) in [6, 6.07) is 4.99. The maximum absolute atomic E-state index is 11.9. The van der Waals surface area contributed by atoms with Crippen molar-refractivity contribution in [2.45, 2.75) is 26.3 Å². The first-order chi connectivity index (χ1) is 8.79. The summed E-state index contributed by atoms with van der Waals surface area (Å²) in [5.41, 5.74) is 0.507. The highest BCUT2D eigenvalue weighted by atomic mass is 16.4. The zero-order chi connectivity index (χ0) is 14.2. The molecule has 0 aromatic carbocycles. The summed E-state index contributed by atoms with van der Waals surface area (Å²) >= 11 is 0. The highest BCUT2D eigenvalue weighted by molar-refractivity contribution is 5.98. The monoisotopic (exact) mass is 262 g/mol. The topological polar surface area (TPSA) is 92.4 Å². The Bertz CT molecular complexity index is 658. The summed E-state index contributed by atoms with van der Waals surface area (Å²) in [5.74, 6) is -1.66. The second-order valence-electron chi connectivity index (χ2n) is 4.83. The molecule has 0 unspecified atom stereocenters. The average molecular weight is 262 g/mol. The van der Waals surface area contributed by atoms with Crippen molar-refractivity contribution in [1.82, 2.24) is 10.3 Å². The fraction of sp³-hybridized carbons (Fsp3) is 0.308. The van der Waals surface area contributed by atoms with Gasteiger partial charge in [0.2, 0.25) is 0 Å². The number of carboxylic acids is 1. The van der Waals surface area contributed by atoms with E-state index in [1.165, 1.54) is 19.9 Å². The Labute approximate surface area is 109 Å². The number of nitrogens with zero attached hydrogens (tertiary/aromatic N) is 1. The van der Waals surface area contributed by atoms with Crippen LogP contribution in [0, 0.1) is 6.92 Å². The Morgan fingerprint density at radius 2 is 2.05 bits per heavy atom. The molecular formula is C13H14N2O4. The number of furan rings is 1. The molecule has 0 radical (unpaired) electrons. The molecule has 2 rings (SSSR count). The SMILES string of the molecule is Cc1ccc2oc(C(=O)NC(C)(C)C(=O)O)cc2n1. The molecule has 2 aromatic heterocycles. The van der Waals surface area contributed by atoms with Crippen LogP contribution >= 0.6 is 0 Å². The molecule has 0 aliphatic carbocycles. The zero-order valence-corrected chi connectivity index (χ0v) is 10.9. The van der Waals surface area contributed by atoms with E-state index in [4.69, 9.17) is 9.52 Å². The number of carboxylic acid groups (broad SMARTS) is 1. The molecule has 0 saturated heterocycles. The van der Waals surface area contributed by atoms with Crippen LogP contribution in [0.25, 0.3) is 11.1 Å². The van der Waals surface area contributed by atoms with Crippen molar-refractivity contribution in [3.63, 3.8) is 0 Å². The number of amides is 1. The minimum absolute atomic E-state index is 0.0439. The highest BCUT2D eigenvalue weighted by Crippen LogP contribution is 2.18. The van der Waals surface area contributed by atoms with Gasteiger partial charge in [0.25, 0.3) is 5.91 Å². The number of aryl methyl sites for hydroxylation is 1. The summed E-state index contributed by atoms with van der Waals surface area (Å²) < 4.78 is 5.34. The van der Waals surface area contributed by atoms with Gasteiger partial charge in [-0.25, -0.2) is 9.78 Å². The lowest BCUT2D eigenvalue weighted by Crippen LogP contribution is -2.49. The van der Waals surface area contributed by atoms with Gasteiger partial charge >= 0.3 is 5.97 Å². The summed E-state index contributed by atoms with van der Waals surface area (Å²) in [7, 11) is 0. The van der Waals surface area contributed by atoms with Gasteiger partial charge in [-0.2, -0.15) is 0 Å². The van der Waals surface area contributed by atoms with Crippen LogP contribution in [0.4, 0.5) is 0 Å². The van der Waals surface area contributed by atoms with Crippen LogP contribution in [-0.2, 0) is 4.79 Å². The maximum Gasteiger partial charge on any atom is 0.328 e. The summed E-state index contributed by atoms with van der Waals surface area (Å²) in [4.78, 5) is 27.1. The van der Waals surface area contributed by atoms with E-state index in [0.29, 0.717) is 11.1 Å². The van der Waals surface area contributed by atoms with E-state index in [0.717, 1.165) is 5.69 Å². The minimum Gasteiger partial charge on any atom is -0.480 e. The van der Waals surface area contributed by atoms with E-state index >= 15 is 0 Å². The van der Waals surface area contributed by atoms with Crippen molar-refractivity contribution in [3.05, 3.63) is 29.7 Å². The largest absolute Gasteiger partial charge is 0.480 e. The summed E-state index contributed by atoms with van der Waals surface area (Å²) in [5, 5.41) is 11.3. The second kappa shape index (κ2) is 4.38. The molecule has 0 spiro atoms. The van der Waals surface area contributed by atoms with Gasteiger partial charge in [-0.05, 0) is 32.9 Å². The fourth-order valence-electron chi connectivity index (χ4n) is 1.54. The van der Waals surface area contributed by atoms with E-state index in [2.05, 4.69) is 10.3 Å². The molecule has 2 aromatic rings. The van der Waals surface area contributed by atoms with Crippen LogP contribution in [0.15, 0.2) is 22.6 Å². The lowest BCUT2D eigenvalue weighted by atomic mass is 10.1. The number of carbonyl (C=O) groups excluding carboxylic acids is 1. The molecule has 6 heteroatoms. The third-order valence-corrected chi connectivity index (χ3v) is 2.70. The van der Waals surface area contributed by atoms with Crippen molar-refractivity contribution < 1.29 is 19.1 Å². The molecule has 19 heavy (non-hydrogen) atoms. The molecule has 2 heterocycles. The van der Waals surface area contributed by atoms with Crippen LogP contribution < -0.4 is 5.32 Å². The number of rotatable bonds is 3. The van der Waals surface area contributed by atoms with Gasteiger partial charge in [-0.15, -0.1) is 0 Å². The fourth-order valence-corrected chi connectivity index (χ4v) is 1.54. The normalized spacial score (nSPS) is 11.5. The van der Waals surface area contributed by atoms with Gasteiger partial charge in [0.1, 0.15) is 11.1 Å². The van der Waals surface area contributed by atoms with Gasteiger partial charge in [-0.3, -0.25) is 4.79 Å². The number of nitrogens with one attached hydrogen (secondary N) is 1. The Morgan fingerprint density at radius 3 is 2.68 bits per heavy atom. The predicted molar refractivity (Wildman–Crippen MR) is 67.9 cm³/mol. The van der Waals surface area contributed by atoms with E-state index < -0.39 is 17.4 Å². The molecule has 0 fully saturated rings. The average Bonchev–Trinajstić information content (AvgIpc) is 2.71. The van der Waals surface area contributed by atoms with E-state index in [1.807, 2.05) is 6.92 Å². The van der Waals surface area contributed by atoms with Gasteiger partial charge in [-0.1, -0.05) is 0 Å². The molecule has 0 aliphatic heterocycles. The van der Waals surface area contributed by atoms with Crippen LogP contribution in [0.3, 0.4) is 0 Å². The lowest BCUT2D eigenvalue weighted by Gasteiger charge is -2.19. The van der Waals surface area contributed by atoms with Crippen molar-refractivity contribution in [1.29, 1.82) is 0 Å². The number of carbonyl (C=O) groups is 2. The molecule has 0 aliphatic rings. The van der Waals surface area contributed by atoms with Crippen LogP contribution in [0.2, 0.25) is 0 Å². The van der Waals surface area contributed by atoms with E-state index in [-0.39, 0.29) is 5.76 Å². The number of pyridine rings is 1. The van der Waals surface area contributed by atoms with Crippen LogP contribution in [0.5, 0.6) is 0 Å². The predicted octanol–water partition coefficient (Wildman–Crippen LogP) is 1.73. The van der Waals surface area contributed by atoms with Gasteiger partial charge in [0.05, 0.1) is 0 Å². The number of fused-ring (bicyclic) bond motifs is 1. The number of hydrogen-bond donors (Lipinski definition) is 2. The molecule has 2 N–H and O–H groups in total. The van der Waals surface area contributed by atoms with Crippen LogP contribution in [-0.4, -0.2) is 27.5 Å². The number of aliphatic carboxylic acids is 1. The molecule has 0 atom stereocenters. The Hall–Kier alpha value is -2.37. The molecule has 0 bridgehead atoms. The second-order valence-corrected chi connectivity index (χ2v) is 4.83. The van der Waals surface area contributed by atoms with E-state index in [1.54, 1.807) is 12.1 Å². The standard InChI is InChI=1S/C13H14N2O4/c1-7-4-5-9-8(14-7)6-10(19-9)11(16)15-13(2,3)12(17)18/h4-6H,1-3H3,(H,15,16)(H,17,18). The Balaban J connectivity index is 2.29. The number of hydrogen-bond acceptors (Lipinski definition) is 4. The molecule has 0 saturated carbocycles. The first-order valence-electron chi connectivity index (χ1n) is 5.73. The molecule has 1 amide bonds. The smallest absolute Gasteiger partial charge is 0.328 e. The first kappa shape index (κ1) is 13.1. The van der Waals surface area contributed by atoms with Gasteiger partial charge < -0.3 is 14.8 Å². The maximum atomic E-state index is 11.9. The van der Waals surface area contributed by atoms with Crippen molar-refractivity contribution in [2.24, 2.45) is 0 Å². The third kappa shape index (κ3) is 2.57. The number of aromatic nitrogens is 1. The summed E-state index contributed by atoms with van der Waals surface area (Å²) in [6.45, 7) is 4.64. The van der Waals surface area contributed by atoms with Gasteiger partial charge in [0, 0.05) is 11.8 Å². The minimum atomic E-state index is -1.36. The Morgan fingerprint density at radius 1 is 1.37 bits per heavy atom. The Kier molecular flexibility index (Phi) is 3.01. The van der Waals surface area contributed by atoms with Gasteiger partial charge in [0.15, 0.2) is 11.3 Å². The van der Waals surface area contributed by atoms with Crippen LogP contribution in [0.1, 0.15) is 30.1 Å². The van der Waals surface area contributed by atoms with Crippen molar-refractivity contribution in [3.8, 4) is 0 Å². The lowest BCUT2D eigenvalue weighted by molar-refractivity contribution is -0.143. The quantitative estimate of drug-likeness (QED) is 0.878. The molecule has 6 nitrogen and oxygen atoms in total. The van der Waals surface area contributed by atoms with Crippen molar-refractivity contribution in [2.75, 3.05) is 0 Å². The van der Waals surface area contributed by atoms with Crippen molar-refractivity contribution >= 4 is 23.0 Å². The zero-order valence-electron chi connectivity index (χ0n) is 10.9. The third-order valence-electron chi connectivity index (χ3n) is 2.70. The van der Waals surface area contributed by atoms with E-state index in [9.17, 15) is 9.59 Å². The highest BCUT2D eigenvalue weighted by Gasteiger charge is 2.30. The first-order valence-corrected chi connectivity index (χ1v) is 5.73. The summed E-state index contributed by atoms with van der Waals surface area (Å²) in [6.07, 6.45) is 0. The molecular weight excluding hydrogens is 248 g/mol. The molecule has 100 valence electrons.